The number of likely N-dealkylation sites (N-methyl/N-ethyl adjacent to an activating group) is 1. The molecule has 1 aromatic carbocycles. The summed E-state index contributed by atoms with van der Waals surface area (Å²) >= 11 is 1.50. The van der Waals surface area contributed by atoms with Gasteiger partial charge in [-0.15, -0.1) is 11.3 Å². The van der Waals surface area contributed by atoms with Gasteiger partial charge in [-0.1, -0.05) is 12.1 Å². The smallest absolute Gasteiger partial charge is 0.271 e. The van der Waals surface area contributed by atoms with E-state index in [1.807, 2.05) is 45.1 Å². The first-order chi connectivity index (χ1) is 12.6. The lowest BCUT2D eigenvalue weighted by Gasteiger charge is -2.37. The Morgan fingerprint density at radius 3 is 2.96 bits per heavy atom. The maximum absolute atomic E-state index is 13.0. The van der Waals surface area contributed by atoms with E-state index in [-0.39, 0.29) is 5.91 Å². The van der Waals surface area contributed by atoms with Crippen molar-refractivity contribution in [1.82, 2.24) is 19.2 Å². The molecular weight excluding hydrogens is 348 g/mol. The highest BCUT2D eigenvalue weighted by atomic mass is 32.1. The Labute approximate surface area is 156 Å². The number of methoxy groups -OCH3 is 1. The molecule has 0 radical (unpaired) electrons. The number of aromatic nitrogens is 2. The summed E-state index contributed by atoms with van der Waals surface area (Å²) in [6.45, 7) is 4.57. The summed E-state index contributed by atoms with van der Waals surface area (Å²) in [6, 6.07) is 8.18. The third kappa shape index (κ3) is 2.97. The van der Waals surface area contributed by atoms with Crippen LogP contribution in [0.25, 0.3) is 16.2 Å². The number of rotatable bonds is 3. The van der Waals surface area contributed by atoms with Crippen LogP contribution in [0.15, 0.2) is 35.8 Å². The Morgan fingerprint density at radius 2 is 2.19 bits per heavy atom. The molecular formula is C19H22N4O2S. The second-order valence-corrected chi connectivity index (χ2v) is 7.55. The molecule has 26 heavy (non-hydrogen) atoms. The number of carbonyl (C=O) groups excluding carboxylic acids is 1. The molecule has 1 saturated heterocycles. The summed E-state index contributed by atoms with van der Waals surface area (Å²) < 4.78 is 7.20. The first-order valence-corrected chi connectivity index (χ1v) is 9.55. The van der Waals surface area contributed by atoms with Crippen LogP contribution in [0.5, 0.6) is 5.75 Å². The summed E-state index contributed by atoms with van der Waals surface area (Å²) in [5.41, 5.74) is 2.51. The molecule has 1 aliphatic rings. The van der Waals surface area contributed by atoms with Crippen molar-refractivity contribution in [2.75, 3.05) is 33.8 Å². The highest BCUT2D eigenvalue weighted by Gasteiger charge is 2.27. The molecule has 1 aliphatic heterocycles. The molecule has 0 saturated carbocycles. The number of nitrogens with zero attached hydrogens (tertiary/aromatic N) is 4. The average Bonchev–Trinajstić information content (AvgIpc) is 3.24. The van der Waals surface area contributed by atoms with Crippen molar-refractivity contribution >= 4 is 22.2 Å². The fourth-order valence-electron chi connectivity index (χ4n) is 3.25. The van der Waals surface area contributed by atoms with Gasteiger partial charge < -0.3 is 14.5 Å². The van der Waals surface area contributed by atoms with Crippen LogP contribution in [0.3, 0.4) is 0 Å². The third-order valence-electron chi connectivity index (χ3n) is 5.04. The van der Waals surface area contributed by atoms with Crippen molar-refractivity contribution in [1.29, 1.82) is 0 Å². The van der Waals surface area contributed by atoms with Crippen molar-refractivity contribution in [3.63, 3.8) is 0 Å². The van der Waals surface area contributed by atoms with E-state index in [4.69, 9.17) is 4.74 Å². The lowest BCUT2D eigenvalue weighted by Crippen LogP contribution is -2.52. The molecule has 6 nitrogen and oxygen atoms in total. The van der Waals surface area contributed by atoms with Gasteiger partial charge in [-0.3, -0.25) is 9.20 Å². The molecule has 1 amide bonds. The Kier molecular flexibility index (Phi) is 4.42. The number of carbonyl (C=O) groups is 1. The van der Waals surface area contributed by atoms with Crippen molar-refractivity contribution in [2.24, 2.45) is 0 Å². The highest BCUT2D eigenvalue weighted by Crippen LogP contribution is 2.27. The number of piperazine rings is 1. The molecule has 1 atom stereocenters. The zero-order chi connectivity index (χ0) is 18.3. The zero-order valence-electron chi connectivity index (χ0n) is 15.2. The summed E-state index contributed by atoms with van der Waals surface area (Å²) in [6.07, 6.45) is 1.94. The van der Waals surface area contributed by atoms with E-state index in [2.05, 4.69) is 23.9 Å². The summed E-state index contributed by atoms with van der Waals surface area (Å²) in [4.78, 5) is 22.8. The number of amides is 1. The van der Waals surface area contributed by atoms with Gasteiger partial charge in [0.05, 0.1) is 12.8 Å². The van der Waals surface area contributed by atoms with E-state index in [0.29, 0.717) is 11.7 Å². The standard InChI is InChI=1S/C19H22N4O2S/c1-13-10-22(8-7-21(13)2)18(24)17-12-26-19-20-16(11-23(17)19)14-5-4-6-15(9-14)25-3/h4-6,9,11-13H,7-8,10H2,1-3H3. The second kappa shape index (κ2) is 6.74. The first kappa shape index (κ1) is 17.1. The van der Waals surface area contributed by atoms with Gasteiger partial charge in [0.2, 0.25) is 0 Å². The number of ether oxygens (including phenoxy) is 1. The zero-order valence-corrected chi connectivity index (χ0v) is 16.0. The van der Waals surface area contributed by atoms with E-state index in [1.165, 1.54) is 11.3 Å². The lowest BCUT2D eigenvalue weighted by atomic mass is 10.1. The van der Waals surface area contributed by atoms with Crippen LogP contribution in [0, 0.1) is 0 Å². The highest BCUT2D eigenvalue weighted by molar-refractivity contribution is 7.15. The minimum atomic E-state index is 0.0748. The van der Waals surface area contributed by atoms with E-state index >= 15 is 0 Å². The van der Waals surface area contributed by atoms with Crippen LogP contribution in [0.4, 0.5) is 0 Å². The van der Waals surface area contributed by atoms with Gasteiger partial charge in [-0.25, -0.2) is 4.98 Å². The minimum absolute atomic E-state index is 0.0748. The largest absolute Gasteiger partial charge is 0.497 e. The van der Waals surface area contributed by atoms with Gasteiger partial charge in [0.15, 0.2) is 4.96 Å². The van der Waals surface area contributed by atoms with Crippen molar-refractivity contribution in [2.45, 2.75) is 13.0 Å². The molecule has 0 spiro atoms. The van der Waals surface area contributed by atoms with Crippen molar-refractivity contribution in [3.05, 3.63) is 41.5 Å². The number of fused-ring (bicyclic) bond motifs is 1. The maximum Gasteiger partial charge on any atom is 0.271 e. The molecule has 1 unspecified atom stereocenters. The predicted molar refractivity (Wildman–Crippen MR) is 103 cm³/mol. The van der Waals surface area contributed by atoms with Crippen LogP contribution >= 0.6 is 11.3 Å². The van der Waals surface area contributed by atoms with Crippen LogP contribution in [0.2, 0.25) is 0 Å². The van der Waals surface area contributed by atoms with E-state index in [0.717, 1.165) is 41.6 Å². The number of hydrogen-bond acceptors (Lipinski definition) is 5. The van der Waals surface area contributed by atoms with E-state index in [1.54, 1.807) is 7.11 Å². The van der Waals surface area contributed by atoms with Crippen LogP contribution in [0.1, 0.15) is 17.4 Å². The summed E-state index contributed by atoms with van der Waals surface area (Å²) in [7, 11) is 3.75. The van der Waals surface area contributed by atoms with Crippen LogP contribution in [-0.2, 0) is 0 Å². The molecule has 7 heteroatoms. The van der Waals surface area contributed by atoms with Gasteiger partial charge in [0, 0.05) is 42.8 Å². The molecule has 0 N–H and O–H groups in total. The lowest BCUT2D eigenvalue weighted by molar-refractivity contribution is 0.0566. The van der Waals surface area contributed by atoms with Gasteiger partial charge in [0.1, 0.15) is 11.4 Å². The predicted octanol–water partition coefficient (Wildman–Crippen LogP) is 2.85. The minimum Gasteiger partial charge on any atom is -0.497 e. The van der Waals surface area contributed by atoms with Crippen LogP contribution < -0.4 is 4.74 Å². The number of benzene rings is 1. The number of imidazole rings is 1. The molecule has 136 valence electrons. The van der Waals surface area contributed by atoms with Gasteiger partial charge in [-0.2, -0.15) is 0 Å². The molecule has 0 bridgehead atoms. The van der Waals surface area contributed by atoms with Crippen molar-refractivity contribution in [3.8, 4) is 17.0 Å². The van der Waals surface area contributed by atoms with Crippen molar-refractivity contribution < 1.29 is 9.53 Å². The Bertz CT molecular complexity index is 948. The maximum atomic E-state index is 13.0. The Balaban J connectivity index is 1.65. The summed E-state index contributed by atoms with van der Waals surface area (Å²) in [5.74, 6) is 0.868. The average molecular weight is 370 g/mol. The van der Waals surface area contributed by atoms with Gasteiger partial charge in [-0.05, 0) is 26.1 Å². The topological polar surface area (TPSA) is 50.1 Å². The molecule has 2 aromatic heterocycles. The molecule has 4 rings (SSSR count). The number of hydrogen-bond donors (Lipinski definition) is 0. The van der Waals surface area contributed by atoms with Gasteiger partial charge >= 0.3 is 0 Å². The van der Waals surface area contributed by atoms with Gasteiger partial charge in [0.25, 0.3) is 5.91 Å². The second-order valence-electron chi connectivity index (χ2n) is 6.71. The monoisotopic (exact) mass is 370 g/mol. The molecule has 1 fully saturated rings. The normalized spacial score (nSPS) is 18.4. The SMILES string of the molecule is COc1cccc(-c2cn3c(C(=O)N4CCN(C)C(C)C4)csc3n2)c1. The van der Waals surface area contributed by atoms with E-state index < -0.39 is 0 Å². The Morgan fingerprint density at radius 1 is 1.35 bits per heavy atom. The first-order valence-electron chi connectivity index (χ1n) is 8.67. The molecule has 0 aliphatic carbocycles. The summed E-state index contributed by atoms with van der Waals surface area (Å²) in [5, 5.41) is 1.91. The quantitative estimate of drug-likeness (QED) is 0.711. The van der Waals surface area contributed by atoms with Crippen LogP contribution in [-0.4, -0.2) is 64.9 Å². The van der Waals surface area contributed by atoms with E-state index in [9.17, 15) is 4.79 Å². The fourth-order valence-corrected chi connectivity index (χ4v) is 4.10. The number of thiazole rings is 1. The fraction of sp³-hybridized carbons (Fsp3) is 0.368. The Hall–Kier alpha value is -2.38. The molecule has 3 heterocycles. The molecule has 3 aromatic rings. The third-order valence-corrected chi connectivity index (χ3v) is 5.88.